The molecule has 0 unspecified atom stereocenters. The molecule has 1 aliphatic rings. The van der Waals surface area contributed by atoms with Crippen molar-refractivity contribution in [1.29, 1.82) is 0 Å². The molecule has 0 saturated heterocycles. The first-order valence-corrected chi connectivity index (χ1v) is 13.2. The molecule has 9 nitrogen and oxygen atoms in total. The molecule has 1 aliphatic heterocycles. The van der Waals surface area contributed by atoms with Gasteiger partial charge in [0.05, 0.1) is 27.7 Å². The van der Waals surface area contributed by atoms with Crippen LogP contribution in [-0.4, -0.2) is 50.4 Å². The highest BCUT2D eigenvalue weighted by Crippen LogP contribution is 2.41. The lowest BCUT2D eigenvalue weighted by molar-refractivity contribution is -0.242. The smallest absolute Gasteiger partial charge is 0.427 e. The Hall–Kier alpha value is -3.26. The Kier molecular flexibility index (Phi) is 8.06. The van der Waals surface area contributed by atoms with Crippen molar-refractivity contribution in [3.05, 3.63) is 47.2 Å². The molecule has 0 aliphatic carbocycles. The van der Waals surface area contributed by atoms with Crippen molar-refractivity contribution in [1.82, 2.24) is 5.32 Å². The summed E-state index contributed by atoms with van der Waals surface area (Å²) in [6, 6.07) is 6.56. The number of carbonyl (C=O) groups excluding carboxylic acids is 2. The van der Waals surface area contributed by atoms with E-state index in [0.29, 0.717) is 13.8 Å². The standard InChI is InChI=1S/C24H26ClF4N3O6S/c1-13(33)31-22(2,3)20-12-32(39(35,36)15-7-8-17(26)16(25)11-15)18-10-14(6-9-19(18)37-20)30-21(34)38-23(4,5)24(27,28)29/h6-11,20H,12H2,1-5H3,(H,30,34)(H,31,33)/t20-/m0/s1. The van der Waals surface area contributed by atoms with Crippen molar-refractivity contribution in [3.8, 4) is 5.75 Å². The van der Waals surface area contributed by atoms with Gasteiger partial charge in [0.15, 0.2) is 0 Å². The Labute approximate surface area is 227 Å². The van der Waals surface area contributed by atoms with Gasteiger partial charge in [0.25, 0.3) is 10.0 Å². The van der Waals surface area contributed by atoms with Gasteiger partial charge >= 0.3 is 12.3 Å². The summed E-state index contributed by atoms with van der Waals surface area (Å²) in [5, 5.41) is 4.41. The van der Waals surface area contributed by atoms with Crippen LogP contribution in [0.1, 0.15) is 34.6 Å². The molecule has 2 aromatic rings. The Bertz CT molecular complexity index is 1400. The summed E-state index contributed by atoms with van der Waals surface area (Å²) in [7, 11) is -4.43. The highest BCUT2D eigenvalue weighted by Gasteiger charge is 2.51. The maximum atomic E-state index is 13.8. The average molecular weight is 596 g/mol. The number of sulfonamides is 1. The summed E-state index contributed by atoms with van der Waals surface area (Å²) in [5.41, 5.74) is -4.05. The van der Waals surface area contributed by atoms with Gasteiger partial charge in [0.2, 0.25) is 11.5 Å². The Balaban J connectivity index is 2.05. The summed E-state index contributed by atoms with van der Waals surface area (Å²) >= 11 is 5.81. The molecule has 0 saturated carbocycles. The van der Waals surface area contributed by atoms with Crippen LogP contribution < -0.4 is 19.7 Å². The summed E-state index contributed by atoms with van der Waals surface area (Å²) in [6.45, 7) is 5.53. The van der Waals surface area contributed by atoms with E-state index in [1.165, 1.54) is 25.1 Å². The highest BCUT2D eigenvalue weighted by molar-refractivity contribution is 7.92. The second-order valence-electron chi connectivity index (χ2n) is 9.83. The summed E-state index contributed by atoms with van der Waals surface area (Å²) in [4.78, 5) is 23.6. The minimum absolute atomic E-state index is 0.0241. The summed E-state index contributed by atoms with van der Waals surface area (Å²) < 4.78 is 91.9. The molecule has 0 bridgehead atoms. The van der Waals surface area contributed by atoms with Crippen LogP contribution in [0.3, 0.4) is 0 Å². The van der Waals surface area contributed by atoms with E-state index in [1.54, 1.807) is 13.8 Å². The van der Waals surface area contributed by atoms with Crippen LogP contribution in [0.25, 0.3) is 0 Å². The van der Waals surface area contributed by atoms with Gasteiger partial charge in [-0.05, 0) is 64.1 Å². The number of halogens is 5. The highest BCUT2D eigenvalue weighted by atomic mass is 35.5. The van der Waals surface area contributed by atoms with E-state index in [-0.39, 0.29) is 28.6 Å². The van der Waals surface area contributed by atoms with Crippen LogP contribution in [-0.2, 0) is 19.6 Å². The van der Waals surface area contributed by atoms with E-state index in [1.807, 2.05) is 0 Å². The molecule has 2 N–H and O–H groups in total. The van der Waals surface area contributed by atoms with Gasteiger partial charge in [-0.2, -0.15) is 13.2 Å². The number of alkyl halides is 3. The zero-order chi connectivity index (χ0) is 29.6. The van der Waals surface area contributed by atoms with Crippen LogP contribution >= 0.6 is 11.6 Å². The molecule has 0 spiro atoms. The van der Waals surface area contributed by atoms with Crippen LogP contribution in [0.2, 0.25) is 5.02 Å². The maximum absolute atomic E-state index is 13.8. The SMILES string of the molecule is CC(=O)NC(C)(C)[C@@H]1CN(S(=O)(=O)c2ccc(F)c(Cl)c2)c2cc(NC(=O)OC(C)(C)C(F)(F)F)ccc2O1. The van der Waals surface area contributed by atoms with Crippen molar-refractivity contribution in [2.75, 3.05) is 16.2 Å². The number of carbonyl (C=O) groups is 2. The predicted molar refractivity (Wildman–Crippen MR) is 135 cm³/mol. The van der Waals surface area contributed by atoms with E-state index in [0.717, 1.165) is 22.5 Å². The second kappa shape index (κ2) is 10.4. The zero-order valence-electron chi connectivity index (χ0n) is 21.4. The third-order valence-corrected chi connectivity index (χ3v) is 7.95. The van der Waals surface area contributed by atoms with E-state index >= 15 is 0 Å². The fourth-order valence-electron chi connectivity index (χ4n) is 3.66. The monoisotopic (exact) mass is 595 g/mol. The molecule has 2 amide bonds. The van der Waals surface area contributed by atoms with Gasteiger partial charge in [-0.3, -0.25) is 14.4 Å². The molecule has 3 rings (SSSR count). The molecule has 1 atom stereocenters. The van der Waals surface area contributed by atoms with Crippen LogP contribution in [0, 0.1) is 5.82 Å². The number of nitrogens with zero attached hydrogens (tertiary/aromatic N) is 1. The Morgan fingerprint density at radius 3 is 2.31 bits per heavy atom. The average Bonchev–Trinajstić information content (AvgIpc) is 2.78. The molecular formula is C24H26ClF4N3O6S. The minimum Gasteiger partial charge on any atom is -0.484 e. The van der Waals surface area contributed by atoms with Crippen molar-refractivity contribution < 1.29 is 45.0 Å². The molecular weight excluding hydrogens is 570 g/mol. The minimum atomic E-state index is -4.84. The molecule has 39 heavy (non-hydrogen) atoms. The number of anilines is 2. The number of benzene rings is 2. The third-order valence-electron chi connectivity index (χ3n) is 5.89. The molecule has 0 fully saturated rings. The number of hydrogen-bond acceptors (Lipinski definition) is 6. The predicted octanol–water partition coefficient (Wildman–Crippen LogP) is 5.24. The van der Waals surface area contributed by atoms with Crippen molar-refractivity contribution in [2.24, 2.45) is 0 Å². The van der Waals surface area contributed by atoms with E-state index in [9.17, 15) is 35.6 Å². The Morgan fingerprint density at radius 2 is 1.74 bits per heavy atom. The lowest BCUT2D eigenvalue weighted by atomic mass is 9.95. The van der Waals surface area contributed by atoms with Crippen molar-refractivity contribution in [2.45, 2.75) is 62.9 Å². The van der Waals surface area contributed by atoms with Gasteiger partial charge in [0.1, 0.15) is 17.7 Å². The quantitative estimate of drug-likeness (QED) is 0.442. The molecule has 214 valence electrons. The lowest BCUT2D eigenvalue weighted by Gasteiger charge is -2.42. The molecule has 15 heteroatoms. The first kappa shape index (κ1) is 30.3. The fourth-order valence-corrected chi connectivity index (χ4v) is 5.40. The van der Waals surface area contributed by atoms with Crippen molar-refractivity contribution in [3.63, 3.8) is 0 Å². The first-order chi connectivity index (χ1) is 17.7. The fraction of sp³-hybridized carbons (Fsp3) is 0.417. The van der Waals surface area contributed by atoms with E-state index in [2.05, 4.69) is 15.4 Å². The van der Waals surface area contributed by atoms with Crippen LogP contribution in [0.5, 0.6) is 5.75 Å². The van der Waals surface area contributed by atoms with Crippen LogP contribution in [0.15, 0.2) is 41.3 Å². The summed E-state index contributed by atoms with van der Waals surface area (Å²) in [6.07, 6.45) is -7.19. The third kappa shape index (κ3) is 6.49. The van der Waals surface area contributed by atoms with E-state index in [4.69, 9.17) is 16.3 Å². The molecule has 0 aromatic heterocycles. The maximum Gasteiger partial charge on any atom is 0.427 e. The van der Waals surface area contributed by atoms with Gasteiger partial charge < -0.3 is 14.8 Å². The largest absolute Gasteiger partial charge is 0.484 e. The first-order valence-electron chi connectivity index (χ1n) is 11.4. The number of fused-ring (bicyclic) bond motifs is 1. The topological polar surface area (TPSA) is 114 Å². The normalized spacial score (nSPS) is 16.2. The van der Waals surface area contributed by atoms with Crippen molar-refractivity contribution >= 4 is 45.0 Å². The van der Waals surface area contributed by atoms with Gasteiger partial charge in [-0.25, -0.2) is 17.6 Å². The van der Waals surface area contributed by atoms with Crippen LogP contribution in [0.4, 0.5) is 33.7 Å². The van der Waals surface area contributed by atoms with Gasteiger partial charge in [0, 0.05) is 12.6 Å². The molecule has 1 heterocycles. The number of nitrogens with one attached hydrogen (secondary N) is 2. The Morgan fingerprint density at radius 1 is 1.10 bits per heavy atom. The number of amides is 2. The number of ether oxygens (including phenoxy) is 2. The summed E-state index contributed by atoms with van der Waals surface area (Å²) in [5.74, 6) is -1.21. The van der Waals surface area contributed by atoms with Gasteiger partial charge in [-0.15, -0.1) is 0 Å². The zero-order valence-corrected chi connectivity index (χ0v) is 23.0. The number of hydrogen-bond donors (Lipinski definition) is 2. The molecule has 0 radical (unpaired) electrons. The van der Waals surface area contributed by atoms with E-state index < -0.39 is 56.3 Å². The second-order valence-corrected chi connectivity index (χ2v) is 12.1. The molecule has 2 aromatic carbocycles. The van der Waals surface area contributed by atoms with Gasteiger partial charge in [-0.1, -0.05) is 11.6 Å². The number of rotatable bonds is 6. The lowest BCUT2D eigenvalue weighted by Crippen LogP contribution is -2.60.